The molecule has 1 aliphatic heterocycles. The average molecular weight is 181 g/mol. The quantitative estimate of drug-likeness (QED) is 0.712. The molecular formula is C9H15N3O. The molecule has 72 valence electrons. The van der Waals surface area contributed by atoms with Gasteiger partial charge >= 0.3 is 0 Å². The number of nitrogens with zero attached hydrogens (tertiary/aromatic N) is 2. The van der Waals surface area contributed by atoms with Gasteiger partial charge in [0.2, 0.25) is 5.89 Å². The number of piperidine rings is 1. The third-order valence-electron chi connectivity index (χ3n) is 2.58. The molecule has 0 radical (unpaired) electrons. The molecule has 0 saturated carbocycles. The Morgan fingerprint density at radius 1 is 1.54 bits per heavy atom. The van der Waals surface area contributed by atoms with E-state index < -0.39 is 0 Å². The van der Waals surface area contributed by atoms with Gasteiger partial charge < -0.3 is 9.84 Å². The first-order chi connectivity index (χ1) is 6.27. The Balaban J connectivity index is 2.14. The number of nitrogens with one attached hydrogen (secondary N) is 1. The molecule has 1 aromatic rings. The fourth-order valence-corrected chi connectivity index (χ4v) is 1.82. The second kappa shape index (κ2) is 3.46. The Kier molecular flexibility index (Phi) is 2.31. The van der Waals surface area contributed by atoms with Crippen molar-refractivity contribution < 1.29 is 4.52 Å². The smallest absolute Gasteiger partial charge is 0.244 e. The van der Waals surface area contributed by atoms with Crippen LogP contribution in [0.1, 0.15) is 37.5 Å². The van der Waals surface area contributed by atoms with Crippen molar-refractivity contribution in [3.8, 4) is 0 Å². The largest absolute Gasteiger partial charge is 0.338 e. The van der Waals surface area contributed by atoms with Gasteiger partial charge in [0.25, 0.3) is 0 Å². The molecule has 1 aromatic heterocycles. The molecule has 2 rings (SSSR count). The molecule has 4 heteroatoms. The van der Waals surface area contributed by atoms with Crippen molar-refractivity contribution in [1.82, 2.24) is 15.5 Å². The minimum Gasteiger partial charge on any atom is -0.338 e. The molecule has 1 aliphatic rings. The number of rotatable bonds is 1. The van der Waals surface area contributed by atoms with Crippen LogP contribution < -0.4 is 5.32 Å². The van der Waals surface area contributed by atoms with Crippen molar-refractivity contribution in [3.05, 3.63) is 11.7 Å². The van der Waals surface area contributed by atoms with E-state index in [-0.39, 0.29) is 6.04 Å². The molecule has 4 nitrogen and oxygen atoms in total. The van der Waals surface area contributed by atoms with Gasteiger partial charge in [-0.15, -0.1) is 0 Å². The molecule has 2 unspecified atom stereocenters. The van der Waals surface area contributed by atoms with Crippen LogP contribution >= 0.6 is 0 Å². The van der Waals surface area contributed by atoms with E-state index in [2.05, 4.69) is 22.4 Å². The van der Waals surface area contributed by atoms with Crippen molar-refractivity contribution >= 4 is 0 Å². The van der Waals surface area contributed by atoms with Crippen molar-refractivity contribution in [2.45, 2.75) is 32.7 Å². The van der Waals surface area contributed by atoms with Crippen LogP contribution in [0.5, 0.6) is 0 Å². The summed E-state index contributed by atoms with van der Waals surface area (Å²) in [6, 6.07) is 0.259. The zero-order valence-corrected chi connectivity index (χ0v) is 8.08. The number of hydrogen-bond donors (Lipinski definition) is 1. The lowest BCUT2D eigenvalue weighted by molar-refractivity contribution is 0.239. The highest BCUT2D eigenvalue weighted by Crippen LogP contribution is 2.27. The second-order valence-electron chi connectivity index (χ2n) is 3.73. The van der Waals surface area contributed by atoms with Crippen molar-refractivity contribution in [2.24, 2.45) is 5.92 Å². The summed E-state index contributed by atoms with van der Waals surface area (Å²) in [6.45, 7) is 5.12. The average Bonchev–Trinajstić information content (AvgIpc) is 2.53. The molecule has 1 N–H and O–H groups in total. The first-order valence-corrected chi connectivity index (χ1v) is 4.81. The highest BCUT2D eigenvalue weighted by molar-refractivity contribution is 4.95. The zero-order valence-electron chi connectivity index (χ0n) is 8.08. The van der Waals surface area contributed by atoms with E-state index in [9.17, 15) is 0 Å². The molecule has 2 heterocycles. The van der Waals surface area contributed by atoms with E-state index in [0.29, 0.717) is 5.92 Å². The lowest BCUT2D eigenvalue weighted by Crippen LogP contribution is -2.33. The summed E-state index contributed by atoms with van der Waals surface area (Å²) in [5.41, 5.74) is 0. The zero-order chi connectivity index (χ0) is 9.26. The molecule has 0 spiro atoms. The monoisotopic (exact) mass is 181 g/mol. The van der Waals surface area contributed by atoms with Gasteiger partial charge in [0.15, 0.2) is 5.82 Å². The highest BCUT2D eigenvalue weighted by atomic mass is 16.5. The summed E-state index contributed by atoms with van der Waals surface area (Å²) < 4.78 is 5.15. The van der Waals surface area contributed by atoms with Gasteiger partial charge in [-0.1, -0.05) is 12.1 Å². The fourth-order valence-electron chi connectivity index (χ4n) is 1.82. The van der Waals surface area contributed by atoms with Crippen LogP contribution in [0.2, 0.25) is 0 Å². The van der Waals surface area contributed by atoms with Crippen LogP contribution in [0.3, 0.4) is 0 Å². The predicted molar refractivity (Wildman–Crippen MR) is 48.2 cm³/mol. The number of hydrogen-bond acceptors (Lipinski definition) is 4. The van der Waals surface area contributed by atoms with Crippen molar-refractivity contribution in [1.29, 1.82) is 0 Å². The number of aromatic nitrogens is 2. The van der Waals surface area contributed by atoms with Gasteiger partial charge in [-0.2, -0.15) is 4.98 Å². The topological polar surface area (TPSA) is 51.0 Å². The van der Waals surface area contributed by atoms with E-state index in [1.54, 1.807) is 0 Å². The Hall–Kier alpha value is -0.900. The molecular weight excluding hydrogens is 166 g/mol. The van der Waals surface area contributed by atoms with Crippen LogP contribution in [0.25, 0.3) is 0 Å². The van der Waals surface area contributed by atoms with Crippen LogP contribution in [-0.4, -0.2) is 16.7 Å². The summed E-state index contributed by atoms with van der Waals surface area (Å²) in [5.74, 6) is 2.05. The first-order valence-electron chi connectivity index (χ1n) is 4.81. The second-order valence-corrected chi connectivity index (χ2v) is 3.73. The minimum absolute atomic E-state index is 0.259. The fraction of sp³-hybridized carbons (Fsp3) is 0.778. The summed E-state index contributed by atoms with van der Waals surface area (Å²) in [6.07, 6.45) is 2.48. The van der Waals surface area contributed by atoms with Gasteiger partial charge in [0, 0.05) is 0 Å². The van der Waals surface area contributed by atoms with Gasteiger partial charge in [0.1, 0.15) is 0 Å². The van der Waals surface area contributed by atoms with Crippen molar-refractivity contribution in [2.75, 3.05) is 6.54 Å². The van der Waals surface area contributed by atoms with E-state index in [4.69, 9.17) is 4.52 Å². The van der Waals surface area contributed by atoms with Gasteiger partial charge in [0.05, 0.1) is 6.04 Å². The molecule has 0 bridgehead atoms. The summed E-state index contributed by atoms with van der Waals surface area (Å²) in [4.78, 5) is 4.24. The Labute approximate surface area is 77.7 Å². The van der Waals surface area contributed by atoms with E-state index in [1.807, 2.05) is 6.92 Å². The Morgan fingerprint density at radius 3 is 3.00 bits per heavy atom. The van der Waals surface area contributed by atoms with Crippen LogP contribution in [0, 0.1) is 12.8 Å². The standard InChI is InChI=1S/C9H15N3O/c1-6-4-3-5-10-8(6)9-11-7(2)12-13-9/h6,8,10H,3-5H2,1-2H3. The Morgan fingerprint density at radius 2 is 2.38 bits per heavy atom. The molecule has 0 amide bonds. The molecule has 1 saturated heterocycles. The summed E-state index contributed by atoms with van der Waals surface area (Å²) in [5, 5.41) is 7.20. The molecule has 0 aromatic carbocycles. The molecule has 2 atom stereocenters. The third kappa shape index (κ3) is 1.72. The maximum absolute atomic E-state index is 5.15. The highest BCUT2D eigenvalue weighted by Gasteiger charge is 2.26. The van der Waals surface area contributed by atoms with Gasteiger partial charge in [-0.05, 0) is 32.2 Å². The van der Waals surface area contributed by atoms with Crippen LogP contribution in [0.15, 0.2) is 4.52 Å². The maximum Gasteiger partial charge on any atom is 0.244 e. The normalized spacial score (nSPS) is 29.1. The molecule has 1 fully saturated rings. The third-order valence-corrected chi connectivity index (χ3v) is 2.58. The lowest BCUT2D eigenvalue weighted by atomic mass is 9.93. The minimum atomic E-state index is 0.259. The summed E-state index contributed by atoms with van der Waals surface area (Å²) >= 11 is 0. The maximum atomic E-state index is 5.15. The molecule has 0 aliphatic carbocycles. The van der Waals surface area contributed by atoms with Crippen LogP contribution in [0.4, 0.5) is 0 Å². The van der Waals surface area contributed by atoms with E-state index in [0.717, 1.165) is 18.3 Å². The summed E-state index contributed by atoms with van der Waals surface area (Å²) in [7, 11) is 0. The molecule has 13 heavy (non-hydrogen) atoms. The van der Waals surface area contributed by atoms with Gasteiger partial charge in [-0.3, -0.25) is 0 Å². The van der Waals surface area contributed by atoms with E-state index >= 15 is 0 Å². The predicted octanol–water partition coefficient (Wildman–Crippen LogP) is 1.44. The van der Waals surface area contributed by atoms with Gasteiger partial charge in [-0.25, -0.2) is 0 Å². The SMILES string of the molecule is Cc1noc(C2NCCCC2C)n1. The van der Waals surface area contributed by atoms with Crippen molar-refractivity contribution in [3.63, 3.8) is 0 Å². The van der Waals surface area contributed by atoms with E-state index in [1.165, 1.54) is 12.8 Å². The lowest BCUT2D eigenvalue weighted by Gasteiger charge is -2.26. The Bertz CT molecular complexity index is 284. The number of aryl methyl sites for hydroxylation is 1. The first kappa shape index (κ1) is 8.69. The van der Waals surface area contributed by atoms with Crippen LogP contribution in [-0.2, 0) is 0 Å².